The smallest absolute Gasteiger partial charge is 0.337 e. The van der Waals surface area contributed by atoms with Crippen LogP contribution in [-0.4, -0.2) is 22.7 Å². The van der Waals surface area contributed by atoms with Crippen molar-refractivity contribution in [2.75, 3.05) is 5.01 Å². The predicted octanol–water partition coefficient (Wildman–Crippen LogP) is 5.72. The van der Waals surface area contributed by atoms with Crippen LogP contribution in [0.4, 0.5) is 5.69 Å². The molecule has 0 radical (unpaired) electrons. The molecule has 4 rings (SSSR count). The Balaban J connectivity index is 1.63. The van der Waals surface area contributed by atoms with Crippen LogP contribution in [0.15, 0.2) is 63.6 Å². The van der Waals surface area contributed by atoms with E-state index in [0.29, 0.717) is 34.1 Å². The fourth-order valence-electron chi connectivity index (χ4n) is 3.29. The number of carboxylic acid groups (broad SMARTS) is 1. The molecule has 7 heteroatoms. The molecule has 1 amide bonds. The van der Waals surface area contributed by atoms with E-state index >= 15 is 0 Å². The van der Waals surface area contributed by atoms with E-state index in [4.69, 9.17) is 16.0 Å². The van der Waals surface area contributed by atoms with Gasteiger partial charge in [-0.3, -0.25) is 4.79 Å². The first kappa shape index (κ1) is 20.6. The normalized spacial score (nSPS) is 15.0. The molecule has 0 saturated carbocycles. The lowest BCUT2D eigenvalue weighted by molar-refractivity contribution is -0.114. The number of furan rings is 1. The van der Waals surface area contributed by atoms with Gasteiger partial charge in [0.05, 0.1) is 27.6 Å². The summed E-state index contributed by atoms with van der Waals surface area (Å²) in [5.74, 6) is -0.423. The summed E-state index contributed by atoms with van der Waals surface area (Å²) < 4.78 is 5.84. The number of aromatic carboxylic acids is 1. The summed E-state index contributed by atoms with van der Waals surface area (Å²) in [7, 11) is 0. The van der Waals surface area contributed by atoms with Gasteiger partial charge in [-0.05, 0) is 80.4 Å². The molecular weight excluding hydrogens is 416 g/mol. The molecule has 0 bridgehead atoms. The average Bonchev–Trinajstić information content (AvgIpc) is 3.30. The maximum Gasteiger partial charge on any atom is 0.337 e. The lowest BCUT2D eigenvalue weighted by Gasteiger charge is -2.13. The van der Waals surface area contributed by atoms with E-state index in [0.717, 1.165) is 11.1 Å². The summed E-state index contributed by atoms with van der Waals surface area (Å²) in [5.41, 5.74) is 4.51. The van der Waals surface area contributed by atoms with Crippen molar-refractivity contribution in [3.05, 3.63) is 81.6 Å². The monoisotopic (exact) mass is 434 g/mol. The zero-order valence-electron chi connectivity index (χ0n) is 17.1. The number of carboxylic acids is 1. The summed E-state index contributed by atoms with van der Waals surface area (Å²) in [5, 5.41) is 15.2. The van der Waals surface area contributed by atoms with Crippen LogP contribution in [0.25, 0.3) is 17.4 Å². The highest BCUT2D eigenvalue weighted by molar-refractivity contribution is 6.33. The maximum atomic E-state index is 13.0. The molecule has 156 valence electrons. The largest absolute Gasteiger partial charge is 0.478 e. The Bertz CT molecular complexity index is 1290. The third-order valence-corrected chi connectivity index (χ3v) is 5.52. The number of carbonyl (C=O) groups excluding carboxylic acids is 1. The Kier molecular flexibility index (Phi) is 5.25. The van der Waals surface area contributed by atoms with Gasteiger partial charge in [0, 0.05) is 5.56 Å². The molecule has 2 heterocycles. The number of benzene rings is 2. The Morgan fingerprint density at radius 1 is 1.06 bits per heavy atom. The van der Waals surface area contributed by atoms with Crippen molar-refractivity contribution in [3.8, 4) is 11.3 Å². The van der Waals surface area contributed by atoms with Crippen LogP contribution in [-0.2, 0) is 4.79 Å². The molecule has 6 nitrogen and oxygen atoms in total. The summed E-state index contributed by atoms with van der Waals surface area (Å²) in [6, 6.07) is 13.8. The van der Waals surface area contributed by atoms with Gasteiger partial charge in [0.1, 0.15) is 11.5 Å². The Labute approximate surface area is 184 Å². The average molecular weight is 435 g/mol. The van der Waals surface area contributed by atoms with Crippen LogP contribution < -0.4 is 5.01 Å². The second-order valence-electron chi connectivity index (χ2n) is 7.33. The van der Waals surface area contributed by atoms with E-state index in [-0.39, 0.29) is 16.5 Å². The third-order valence-electron chi connectivity index (χ3n) is 5.19. The van der Waals surface area contributed by atoms with Gasteiger partial charge in [-0.2, -0.15) is 10.1 Å². The lowest BCUT2D eigenvalue weighted by Crippen LogP contribution is -2.21. The minimum atomic E-state index is -1.12. The van der Waals surface area contributed by atoms with Crippen LogP contribution in [0, 0.1) is 13.8 Å². The highest BCUT2D eigenvalue weighted by Gasteiger charge is 2.29. The Hall–Kier alpha value is -3.64. The number of hydrogen-bond acceptors (Lipinski definition) is 4. The fraction of sp³-hybridized carbons (Fsp3) is 0.125. The van der Waals surface area contributed by atoms with E-state index in [9.17, 15) is 14.7 Å². The molecular formula is C24H19ClN2O4. The van der Waals surface area contributed by atoms with E-state index in [1.165, 1.54) is 17.1 Å². The first-order valence-corrected chi connectivity index (χ1v) is 9.94. The molecule has 1 aliphatic rings. The Morgan fingerprint density at radius 3 is 2.55 bits per heavy atom. The highest BCUT2D eigenvalue weighted by atomic mass is 35.5. The number of rotatable bonds is 4. The van der Waals surface area contributed by atoms with E-state index < -0.39 is 5.97 Å². The van der Waals surface area contributed by atoms with Crippen LogP contribution in [0.2, 0.25) is 5.02 Å². The summed E-state index contributed by atoms with van der Waals surface area (Å²) in [6.07, 6.45) is 1.64. The number of halogens is 1. The van der Waals surface area contributed by atoms with Crippen LogP contribution >= 0.6 is 11.6 Å². The number of nitrogens with zero attached hydrogens (tertiary/aromatic N) is 2. The molecule has 1 N–H and O–H groups in total. The molecule has 0 saturated heterocycles. The molecule has 1 aromatic heterocycles. The van der Waals surface area contributed by atoms with Gasteiger partial charge in [0.25, 0.3) is 5.91 Å². The van der Waals surface area contributed by atoms with Gasteiger partial charge in [-0.15, -0.1) is 0 Å². The second kappa shape index (κ2) is 7.89. The zero-order valence-corrected chi connectivity index (χ0v) is 17.9. The van der Waals surface area contributed by atoms with E-state index in [2.05, 4.69) is 5.10 Å². The number of hydrogen-bond donors (Lipinski definition) is 1. The molecule has 0 spiro atoms. The molecule has 2 aromatic carbocycles. The maximum absolute atomic E-state index is 13.0. The molecule has 0 atom stereocenters. The molecule has 31 heavy (non-hydrogen) atoms. The van der Waals surface area contributed by atoms with Crippen molar-refractivity contribution in [2.24, 2.45) is 5.10 Å². The first-order valence-electron chi connectivity index (χ1n) is 9.56. The fourth-order valence-corrected chi connectivity index (χ4v) is 3.49. The zero-order chi connectivity index (χ0) is 22.3. The SMILES string of the molecule is CC1=NN(c2ccc(C)c(C)c2)C(=O)/C1=C/c1ccc(-c2ccc(Cl)c(C(=O)O)c2)o1. The van der Waals surface area contributed by atoms with Crippen molar-refractivity contribution in [1.29, 1.82) is 0 Å². The first-order chi connectivity index (χ1) is 14.7. The predicted molar refractivity (Wildman–Crippen MR) is 121 cm³/mol. The van der Waals surface area contributed by atoms with Crippen LogP contribution in [0.1, 0.15) is 34.2 Å². The minimum Gasteiger partial charge on any atom is -0.478 e. The second-order valence-corrected chi connectivity index (χ2v) is 7.74. The Morgan fingerprint density at radius 2 is 1.84 bits per heavy atom. The summed E-state index contributed by atoms with van der Waals surface area (Å²) in [4.78, 5) is 24.3. The highest BCUT2D eigenvalue weighted by Crippen LogP contribution is 2.30. The van der Waals surface area contributed by atoms with Crippen molar-refractivity contribution in [2.45, 2.75) is 20.8 Å². The van der Waals surface area contributed by atoms with Crippen LogP contribution in [0.5, 0.6) is 0 Å². The van der Waals surface area contributed by atoms with Crippen molar-refractivity contribution >= 4 is 41.0 Å². The van der Waals surface area contributed by atoms with Gasteiger partial charge in [-0.1, -0.05) is 17.7 Å². The molecule has 0 fully saturated rings. The number of amides is 1. The van der Waals surface area contributed by atoms with Gasteiger partial charge < -0.3 is 9.52 Å². The number of carbonyl (C=O) groups is 2. The molecule has 0 aliphatic carbocycles. The van der Waals surface area contributed by atoms with Gasteiger partial charge in [0.15, 0.2) is 0 Å². The standard InChI is InChI=1S/C24H19ClN2O4/c1-13-4-6-17(10-14(13)2)27-23(28)19(15(3)26-27)12-18-7-9-22(31-18)16-5-8-21(25)20(11-16)24(29)30/h4-12H,1-3H3,(H,29,30)/b19-12+. The van der Waals surface area contributed by atoms with Gasteiger partial charge in [0.2, 0.25) is 0 Å². The number of aryl methyl sites for hydroxylation is 2. The number of hydrazone groups is 1. The molecule has 1 aliphatic heterocycles. The molecule has 0 unspecified atom stereocenters. The van der Waals surface area contributed by atoms with Crippen molar-refractivity contribution in [3.63, 3.8) is 0 Å². The van der Waals surface area contributed by atoms with Crippen molar-refractivity contribution in [1.82, 2.24) is 0 Å². The quantitative estimate of drug-likeness (QED) is 0.532. The van der Waals surface area contributed by atoms with Crippen molar-refractivity contribution < 1.29 is 19.1 Å². The molecule has 3 aromatic rings. The van der Waals surface area contributed by atoms with E-state index in [1.54, 1.807) is 31.2 Å². The number of anilines is 1. The summed E-state index contributed by atoms with van der Waals surface area (Å²) >= 11 is 5.94. The van der Waals surface area contributed by atoms with E-state index in [1.807, 2.05) is 32.0 Å². The van der Waals surface area contributed by atoms with Gasteiger partial charge in [-0.25, -0.2) is 4.79 Å². The topological polar surface area (TPSA) is 83.1 Å². The summed E-state index contributed by atoms with van der Waals surface area (Å²) in [6.45, 7) is 5.77. The minimum absolute atomic E-state index is 0.00606. The third kappa shape index (κ3) is 3.90. The van der Waals surface area contributed by atoms with Crippen LogP contribution in [0.3, 0.4) is 0 Å². The van der Waals surface area contributed by atoms with Gasteiger partial charge >= 0.3 is 5.97 Å². The lowest BCUT2D eigenvalue weighted by atomic mass is 10.1.